The lowest BCUT2D eigenvalue weighted by Crippen LogP contribution is -2.35. The van der Waals surface area contributed by atoms with Gasteiger partial charge in [0.2, 0.25) is 11.1 Å². The number of imide groups is 1. The van der Waals surface area contributed by atoms with E-state index in [4.69, 9.17) is 0 Å². The predicted molar refractivity (Wildman–Crippen MR) is 65.7 cm³/mol. The fraction of sp³-hybridized carbons (Fsp3) is 0.556. The van der Waals surface area contributed by atoms with Crippen LogP contribution in [0.1, 0.15) is 0 Å². The zero-order valence-corrected chi connectivity index (χ0v) is 11.4. The summed E-state index contributed by atoms with van der Waals surface area (Å²) in [6, 6.07) is -0.398. The van der Waals surface area contributed by atoms with Gasteiger partial charge in [0.25, 0.3) is 0 Å². The third-order valence-corrected chi connectivity index (χ3v) is 3.43. The van der Waals surface area contributed by atoms with E-state index in [1.165, 1.54) is 11.8 Å². The van der Waals surface area contributed by atoms with Crippen LogP contribution in [0.3, 0.4) is 0 Å². The lowest BCUT2D eigenvalue weighted by Gasteiger charge is -2.11. The number of esters is 1. The Morgan fingerprint density at radius 2 is 2.30 bits per heavy atom. The number of urea groups is 1. The molecular weight excluding hydrogens is 288 g/mol. The Morgan fingerprint density at radius 1 is 1.50 bits per heavy atom. The second-order valence-corrected chi connectivity index (χ2v) is 4.70. The molecule has 1 saturated heterocycles. The zero-order chi connectivity index (χ0) is 14.5. The molecule has 1 aromatic heterocycles. The minimum Gasteiger partial charge on any atom is -0.468 e. The smallest absolute Gasteiger partial charge is 0.327 e. The minimum absolute atomic E-state index is 0.00889. The first-order valence-electron chi connectivity index (χ1n) is 5.66. The highest BCUT2D eigenvalue weighted by Gasteiger charge is 2.26. The van der Waals surface area contributed by atoms with Gasteiger partial charge in [-0.3, -0.25) is 14.5 Å². The molecule has 2 heterocycles. The van der Waals surface area contributed by atoms with Gasteiger partial charge >= 0.3 is 12.0 Å². The molecule has 2 rings (SSSR count). The Labute approximate surface area is 117 Å². The van der Waals surface area contributed by atoms with Crippen molar-refractivity contribution < 1.29 is 19.1 Å². The normalized spacial score (nSPS) is 14.2. The maximum absolute atomic E-state index is 11.8. The first-order chi connectivity index (χ1) is 9.61. The van der Waals surface area contributed by atoms with Crippen LogP contribution >= 0.6 is 11.8 Å². The van der Waals surface area contributed by atoms with Gasteiger partial charge < -0.3 is 10.1 Å². The summed E-state index contributed by atoms with van der Waals surface area (Å²) in [5.74, 6) is -0.823. The van der Waals surface area contributed by atoms with E-state index in [9.17, 15) is 14.4 Å². The van der Waals surface area contributed by atoms with E-state index < -0.39 is 12.0 Å². The van der Waals surface area contributed by atoms with Crippen molar-refractivity contribution in [2.45, 2.75) is 11.7 Å². The molecule has 20 heavy (non-hydrogen) atoms. The summed E-state index contributed by atoms with van der Waals surface area (Å²) in [4.78, 5) is 35.4. The topological polar surface area (TPSA) is 119 Å². The first kappa shape index (κ1) is 14.2. The van der Waals surface area contributed by atoms with Gasteiger partial charge in [-0.15, -0.1) is 5.10 Å². The van der Waals surface area contributed by atoms with Gasteiger partial charge in [-0.25, -0.2) is 9.48 Å². The molecule has 1 aromatic rings. The largest absolute Gasteiger partial charge is 0.468 e. The number of amides is 3. The average molecular weight is 300 g/mol. The highest BCUT2D eigenvalue weighted by atomic mass is 32.2. The van der Waals surface area contributed by atoms with Crippen molar-refractivity contribution in [3.63, 3.8) is 0 Å². The van der Waals surface area contributed by atoms with Gasteiger partial charge in [0, 0.05) is 13.1 Å². The second-order valence-electron chi connectivity index (χ2n) is 3.76. The van der Waals surface area contributed by atoms with Gasteiger partial charge in [-0.05, 0) is 10.4 Å². The van der Waals surface area contributed by atoms with Crippen LogP contribution in [0, 0.1) is 0 Å². The Balaban J connectivity index is 1.91. The SMILES string of the molecule is COC(=O)Cn1nnnc1SCC(=O)N1CCNC1=O. The molecular formula is C9H12N6O4S. The lowest BCUT2D eigenvalue weighted by molar-refractivity contribution is -0.141. The summed E-state index contributed by atoms with van der Waals surface area (Å²) in [7, 11) is 1.26. The van der Waals surface area contributed by atoms with Crippen LogP contribution in [-0.2, 0) is 20.9 Å². The van der Waals surface area contributed by atoms with Crippen molar-refractivity contribution in [1.82, 2.24) is 30.4 Å². The lowest BCUT2D eigenvalue weighted by atomic mass is 10.5. The summed E-state index contributed by atoms with van der Waals surface area (Å²) in [5.41, 5.74) is 0. The Bertz CT molecular complexity index is 532. The number of thioether (sulfide) groups is 1. The monoisotopic (exact) mass is 300 g/mol. The molecule has 0 aliphatic carbocycles. The van der Waals surface area contributed by atoms with Gasteiger partial charge in [0.05, 0.1) is 12.9 Å². The zero-order valence-electron chi connectivity index (χ0n) is 10.6. The second kappa shape index (κ2) is 6.32. The number of methoxy groups -OCH3 is 1. The summed E-state index contributed by atoms with van der Waals surface area (Å²) in [5, 5.41) is 13.6. The van der Waals surface area contributed by atoms with Crippen LogP contribution in [0.4, 0.5) is 4.79 Å². The summed E-state index contributed by atoms with van der Waals surface area (Å²) >= 11 is 1.05. The molecule has 0 spiro atoms. The molecule has 1 aliphatic heterocycles. The summed E-state index contributed by atoms with van der Waals surface area (Å²) in [6.45, 7) is 0.671. The van der Waals surface area contributed by atoms with Crippen LogP contribution in [0.15, 0.2) is 5.16 Å². The molecule has 0 saturated carbocycles. The molecule has 0 radical (unpaired) electrons. The molecule has 1 fully saturated rings. The first-order valence-corrected chi connectivity index (χ1v) is 6.64. The number of aromatic nitrogens is 4. The Kier molecular flexibility index (Phi) is 4.50. The van der Waals surface area contributed by atoms with Crippen LogP contribution in [0.25, 0.3) is 0 Å². The Morgan fingerprint density at radius 3 is 2.95 bits per heavy atom. The summed E-state index contributed by atoms with van der Waals surface area (Å²) < 4.78 is 5.74. The number of tetrazole rings is 1. The highest BCUT2D eigenvalue weighted by Crippen LogP contribution is 2.15. The fourth-order valence-electron chi connectivity index (χ4n) is 1.50. The Hall–Kier alpha value is -2.17. The number of carbonyl (C=O) groups excluding carboxylic acids is 3. The van der Waals surface area contributed by atoms with Crippen molar-refractivity contribution in [3.05, 3.63) is 0 Å². The van der Waals surface area contributed by atoms with E-state index in [1.54, 1.807) is 0 Å². The van der Waals surface area contributed by atoms with E-state index >= 15 is 0 Å². The highest BCUT2D eigenvalue weighted by molar-refractivity contribution is 7.99. The van der Waals surface area contributed by atoms with Crippen LogP contribution in [0.5, 0.6) is 0 Å². The maximum atomic E-state index is 11.8. The molecule has 10 nitrogen and oxygen atoms in total. The average Bonchev–Trinajstić information content (AvgIpc) is 3.05. The fourth-order valence-corrected chi connectivity index (χ4v) is 2.25. The third kappa shape index (κ3) is 3.23. The van der Waals surface area contributed by atoms with Crippen molar-refractivity contribution >= 4 is 29.7 Å². The standard InChI is InChI=1S/C9H12N6O4S/c1-19-7(17)4-15-9(11-12-13-15)20-5-6(16)14-3-2-10-8(14)18/h2-5H2,1H3,(H,10,18). The molecule has 3 amide bonds. The summed E-state index contributed by atoms with van der Waals surface area (Å²) in [6.07, 6.45) is 0. The number of nitrogens with one attached hydrogen (secondary N) is 1. The number of ether oxygens (including phenoxy) is 1. The van der Waals surface area contributed by atoms with Crippen LogP contribution in [-0.4, -0.2) is 69.0 Å². The maximum Gasteiger partial charge on any atom is 0.327 e. The number of hydrogen-bond acceptors (Lipinski definition) is 8. The number of hydrogen-bond donors (Lipinski definition) is 1. The number of nitrogens with zero attached hydrogens (tertiary/aromatic N) is 5. The molecule has 0 aromatic carbocycles. The van der Waals surface area contributed by atoms with Crippen molar-refractivity contribution in [2.75, 3.05) is 26.0 Å². The quantitative estimate of drug-likeness (QED) is 0.515. The molecule has 0 atom stereocenters. The van der Waals surface area contributed by atoms with Crippen molar-refractivity contribution in [2.24, 2.45) is 0 Å². The molecule has 11 heteroatoms. The minimum atomic E-state index is -0.496. The molecule has 0 bridgehead atoms. The molecule has 108 valence electrons. The predicted octanol–water partition coefficient (Wildman–Crippen LogP) is -1.51. The number of rotatable bonds is 5. The van der Waals surface area contributed by atoms with Crippen molar-refractivity contribution in [1.29, 1.82) is 0 Å². The van der Waals surface area contributed by atoms with Crippen molar-refractivity contribution in [3.8, 4) is 0 Å². The van der Waals surface area contributed by atoms with E-state index in [-0.39, 0.29) is 18.2 Å². The molecule has 1 N–H and O–H groups in total. The molecule has 1 aliphatic rings. The molecule has 0 unspecified atom stereocenters. The van der Waals surface area contributed by atoms with E-state index in [2.05, 4.69) is 25.6 Å². The van der Waals surface area contributed by atoms with Crippen LogP contribution in [0.2, 0.25) is 0 Å². The van der Waals surface area contributed by atoms with Gasteiger partial charge in [-0.1, -0.05) is 11.8 Å². The van der Waals surface area contributed by atoms with E-state index in [1.807, 2.05) is 0 Å². The van der Waals surface area contributed by atoms with Crippen LogP contribution < -0.4 is 5.32 Å². The van der Waals surface area contributed by atoms with E-state index in [0.717, 1.165) is 16.7 Å². The van der Waals surface area contributed by atoms with Gasteiger partial charge in [-0.2, -0.15) is 0 Å². The number of carbonyl (C=O) groups is 3. The third-order valence-electron chi connectivity index (χ3n) is 2.49. The van der Waals surface area contributed by atoms with E-state index in [0.29, 0.717) is 18.2 Å². The van der Waals surface area contributed by atoms with Gasteiger partial charge in [0.15, 0.2) is 0 Å². The van der Waals surface area contributed by atoms with Gasteiger partial charge in [0.1, 0.15) is 6.54 Å².